The molecule has 4 rings (SSSR count). The number of esters is 2. The maximum Gasteiger partial charge on any atom is 0.355 e. The number of carbonyl (C=O) groups is 2. The highest BCUT2D eigenvalue weighted by Gasteiger charge is 2.16. The zero-order chi connectivity index (χ0) is 22.5. The molecule has 2 aromatic heterocycles. The Morgan fingerprint density at radius 2 is 1.42 bits per heavy atom. The number of hydrogen-bond donors (Lipinski definition) is 2. The first-order valence-corrected chi connectivity index (χ1v) is 12.7. The molecule has 2 N–H and O–H groups in total. The topological polar surface area (TPSA) is 84.2 Å². The third-order valence-electron chi connectivity index (χ3n) is 4.25. The summed E-state index contributed by atoms with van der Waals surface area (Å²) in [4.78, 5) is 29.2. The van der Waals surface area contributed by atoms with Gasteiger partial charge in [0.25, 0.3) is 0 Å². The summed E-state index contributed by atoms with van der Waals surface area (Å²) in [6, 6.07) is 13.8. The van der Waals surface area contributed by atoms with Crippen LogP contribution in [0.3, 0.4) is 0 Å². The van der Waals surface area contributed by atoms with E-state index in [0.717, 1.165) is 32.5 Å². The third kappa shape index (κ3) is 5.92. The molecule has 0 fully saturated rings. The maximum atomic E-state index is 11.7. The van der Waals surface area contributed by atoms with Crippen molar-refractivity contribution in [3.63, 3.8) is 0 Å². The summed E-state index contributed by atoms with van der Waals surface area (Å²) in [7, 11) is 0. The highest BCUT2D eigenvalue weighted by Crippen LogP contribution is 2.26. The van der Waals surface area contributed by atoms with Crippen LogP contribution in [-0.4, -0.2) is 35.1 Å². The van der Waals surface area contributed by atoms with E-state index < -0.39 is 0 Å². The van der Waals surface area contributed by atoms with Gasteiger partial charge in [0.05, 0.1) is 16.8 Å². The van der Waals surface area contributed by atoms with Crippen molar-refractivity contribution in [1.29, 1.82) is 0 Å². The monoisotopic (exact) mass is 756 g/mol. The molecular formula is C22H19I3N2O4. The molecule has 0 saturated carbocycles. The van der Waals surface area contributed by atoms with Crippen molar-refractivity contribution in [2.24, 2.45) is 0 Å². The van der Waals surface area contributed by atoms with Gasteiger partial charge in [-0.25, -0.2) is 9.59 Å². The summed E-state index contributed by atoms with van der Waals surface area (Å²) in [5.74, 6) is -0.596. The largest absolute Gasteiger partial charge is 0.461 e. The number of fused-ring (bicyclic) bond motifs is 2. The molecule has 2 aromatic carbocycles. The second-order valence-electron chi connectivity index (χ2n) is 6.36. The first-order chi connectivity index (χ1) is 14.8. The fraction of sp³-hybridized carbons (Fsp3) is 0.182. The molecule has 31 heavy (non-hydrogen) atoms. The number of halogens is 3. The number of aromatic nitrogens is 2. The Labute approximate surface area is 220 Å². The van der Waals surface area contributed by atoms with Crippen molar-refractivity contribution in [3.8, 4) is 0 Å². The molecule has 0 atom stereocenters. The lowest BCUT2D eigenvalue weighted by Crippen LogP contribution is -2.06. The number of rotatable bonds is 4. The van der Waals surface area contributed by atoms with Crippen LogP contribution in [0, 0.1) is 10.7 Å². The lowest BCUT2D eigenvalue weighted by atomic mass is 10.2. The minimum absolute atomic E-state index is 0.293. The Kier molecular flexibility index (Phi) is 8.61. The van der Waals surface area contributed by atoms with Crippen molar-refractivity contribution < 1.29 is 19.1 Å². The molecule has 0 spiro atoms. The lowest BCUT2D eigenvalue weighted by Gasteiger charge is -1.98. The van der Waals surface area contributed by atoms with Gasteiger partial charge in [-0.15, -0.1) is 0 Å². The van der Waals surface area contributed by atoms with E-state index in [0.29, 0.717) is 24.6 Å². The van der Waals surface area contributed by atoms with Crippen molar-refractivity contribution in [2.45, 2.75) is 13.8 Å². The number of hydrogen-bond acceptors (Lipinski definition) is 4. The number of H-pyrrole nitrogens is 2. The number of benzene rings is 2. The van der Waals surface area contributed by atoms with E-state index in [9.17, 15) is 9.59 Å². The summed E-state index contributed by atoms with van der Waals surface area (Å²) in [6.07, 6.45) is 0. The number of aromatic amines is 2. The molecule has 0 aliphatic heterocycles. The molecule has 2 heterocycles. The Morgan fingerprint density at radius 3 is 2.10 bits per heavy atom. The van der Waals surface area contributed by atoms with Crippen LogP contribution in [0.4, 0.5) is 0 Å². The minimum Gasteiger partial charge on any atom is -0.461 e. The molecule has 0 aliphatic rings. The summed E-state index contributed by atoms with van der Waals surface area (Å²) in [6.45, 7) is 4.38. The highest BCUT2D eigenvalue weighted by atomic mass is 127. The van der Waals surface area contributed by atoms with Gasteiger partial charge in [0, 0.05) is 28.9 Å². The van der Waals surface area contributed by atoms with Gasteiger partial charge in [0.2, 0.25) is 0 Å². The van der Waals surface area contributed by atoms with Crippen LogP contribution in [0.1, 0.15) is 34.8 Å². The molecule has 9 heteroatoms. The predicted molar refractivity (Wildman–Crippen MR) is 147 cm³/mol. The Hall–Kier alpha value is -1.35. The van der Waals surface area contributed by atoms with Gasteiger partial charge in [-0.3, -0.25) is 0 Å². The van der Waals surface area contributed by atoms with Gasteiger partial charge in [-0.2, -0.15) is 0 Å². The van der Waals surface area contributed by atoms with Crippen LogP contribution in [0.5, 0.6) is 0 Å². The van der Waals surface area contributed by atoms with E-state index in [1.54, 1.807) is 13.8 Å². The van der Waals surface area contributed by atoms with Crippen LogP contribution in [0.15, 0.2) is 42.5 Å². The third-order valence-corrected chi connectivity index (χ3v) is 6.72. The zero-order valence-electron chi connectivity index (χ0n) is 16.7. The van der Waals surface area contributed by atoms with E-state index in [4.69, 9.17) is 9.47 Å². The molecule has 0 amide bonds. The molecule has 0 saturated heterocycles. The molecule has 0 unspecified atom stereocenters. The van der Waals surface area contributed by atoms with Crippen LogP contribution in [0.2, 0.25) is 0 Å². The van der Waals surface area contributed by atoms with Gasteiger partial charge in [0.1, 0.15) is 11.4 Å². The summed E-state index contributed by atoms with van der Waals surface area (Å²) >= 11 is 6.67. The van der Waals surface area contributed by atoms with Crippen molar-refractivity contribution in [2.75, 3.05) is 13.2 Å². The Bertz CT molecular complexity index is 1250. The minimum atomic E-state index is -0.302. The van der Waals surface area contributed by atoms with Gasteiger partial charge in [-0.05, 0) is 124 Å². The Morgan fingerprint density at radius 1 is 0.806 bits per heavy atom. The van der Waals surface area contributed by atoms with Gasteiger partial charge >= 0.3 is 11.9 Å². The van der Waals surface area contributed by atoms with Crippen LogP contribution < -0.4 is 0 Å². The summed E-state index contributed by atoms with van der Waals surface area (Å²) in [5, 5.41) is 2.10. The quantitative estimate of drug-likeness (QED) is 0.184. The molecular weight excluding hydrogens is 737 g/mol. The maximum absolute atomic E-state index is 11.7. The van der Waals surface area contributed by atoms with Crippen LogP contribution in [0.25, 0.3) is 21.8 Å². The smallest absolute Gasteiger partial charge is 0.355 e. The first-order valence-electron chi connectivity index (χ1n) is 9.43. The lowest BCUT2D eigenvalue weighted by molar-refractivity contribution is 0.0510. The van der Waals surface area contributed by atoms with Crippen molar-refractivity contribution >= 4 is 102 Å². The standard InChI is InChI=1S/C11H9I2NO2.C11H10INO2/c1-2-16-11(15)10-9(13)7-5-6(12)3-4-8(7)14-10;1-2-15-11(14)10-6-7-5-8(12)3-4-9(7)13-10/h3-5,14H,2H2,1H3;3-6,13H,2H2,1H3. The van der Waals surface area contributed by atoms with E-state index in [2.05, 4.69) is 83.8 Å². The van der Waals surface area contributed by atoms with E-state index in [1.165, 1.54) is 0 Å². The molecule has 0 aliphatic carbocycles. The summed E-state index contributed by atoms with van der Waals surface area (Å²) < 4.78 is 13.1. The Balaban J connectivity index is 0.000000176. The fourth-order valence-electron chi connectivity index (χ4n) is 2.90. The SMILES string of the molecule is CCOC(=O)c1[nH]c2ccc(I)cc2c1I.CCOC(=O)c1cc2cc(I)ccc2[nH]1. The molecule has 0 radical (unpaired) electrons. The van der Waals surface area contributed by atoms with Gasteiger partial charge in [-0.1, -0.05) is 0 Å². The summed E-state index contributed by atoms with van der Waals surface area (Å²) in [5.41, 5.74) is 2.97. The van der Waals surface area contributed by atoms with Crippen LogP contribution in [-0.2, 0) is 9.47 Å². The molecule has 6 nitrogen and oxygen atoms in total. The normalized spacial score (nSPS) is 10.6. The average molecular weight is 756 g/mol. The first kappa shape index (κ1) is 24.3. The fourth-order valence-corrected chi connectivity index (χ4v) is 4.71. The number of nitrogens with one attached hydrogen (secondary N) is 2. The van der Waals surface area contributed by atoms with E-state index >= 15 is 0 Å². The molecule has 0 bridgehead atoms. The number of carbonyl (C=O) groups excluding carboxylic acids is 2. The second-order valence-corrected chi connectivity index (χ2v) is 9.93. The predicted octanol–water partition coefficient (Wildman–Crippen LogP) is 6.50. The van der Waals surface area contributed by atoms with Gasteiger partial charge < -0.3 is 19.4 Å². The van der Waals surface area contributed by atoms with Crippen molar-refractivity contribution in [3.05, 3.63) is 64.6 Å². The number of ether oxygens (including phenoxy) is 2. The van der Waals surface area contributed by atoms with Crippen LogP contribution >= 0.6 is 67.8 Å². The molecule has 162 valence electrons. The van der Waals surface area contributed by atoms with Crippen molar-refractivity contribution in [1.82, 2.24) is 9.97 Å². The van der Waals surface area contributed by atoms with E-state index in [-0.39, 0.29) is 11.9 Å². The molecule has 4 aromatic rings. The second kappa shape index (κ2) is 11.0. The highest BCUT2D eigenvalue weighted by molar-refractivity contribution is 14.1. The van der Waals surface area contributed by atoms with E-state index in [1.807, 2.05) is 36.4 Å². The van der Waals surface area contributed by atoms with Gasteiger partial charge in [0.15, 0.2) is 0 Å². The zero-order valence-corrected chi connectivity index (χ0v) is 23.2. The average Bonchev–Trinajstić information content (AvgIpc) is 3.30.